The molecule has 2 heterocycles. The number of hydrogen-bond acceptors (Lipinski definition) is 6. The van der Waals surface area contributed by atoms with Gasteiger partial charge in [-0.25, -0.2) is 8.42 Å². The van der Waals surface area contributed by atoms with E-state index in [4.69, 9.17) is 9.47 Å². The van der Waals surface area contributed by atoms with E-state index < -0.39 is 39.2 Å². The molecule has 2 rings (SSSR count). The Morgan fingerprint density at radius 3 is 2.72 bits per heavy atom. The number of carbonyl (C=O) groups excluding carboxylic acids is 2. The fourth-order valence-electron chi connectivity index (χ4n) is 1.84. The summed E-state index contributed by atoms with van der Waals surface area (Å²) in [5.41, 5.74) is 0. The molecule has 6 nitrogen and oxygen atoms in total. The van der Waals surface area contributed by atoms with Crippen LogP contribution in [-0.4, -0.2) is 43.6 Å². The van der Waals surface area contributed by atoms with Crippen LogP contribution in [0.4, 0.5) is 0 Å². The van der Waals surface area contributed by atoms with Crippen molar-refractivity contribution < 1.29 is 27.5 Å². The number of rotatable bonds is 2. The van der Waals surface area contributed by atoms with Crippen molar-refractivity contribution in [3.8, 4) is 0 Å². The normalized spacial score (nSPS) is 33.6. The molecule has 2 aliphatic rings. The smallest absolute Gasteiger partial charge is 0.305 e. The van der Waals surface area contributed by atoms with Crippen LogP contribution in [0.15, 0.2) is 24.3 Å². The molecule has 98 valence electrons. The highest BCUT2D eigenvalue weighted by Crippen LogP contribution is 2.23. The van der Waals surface area contributed by atoms with Crippen LogP contribution in [0.25, 0.3) is 0 Å². The van der Waals surface area contributed by atoms with Crippen molar-refractivity contribution >= 4 is 21.6 Å². The highest BCUT2D eigenvalue weighted by Gasteiger charge is 2.41. The zero-order valence-corrected chi connectivity index (χ0v) is 10.4. The molecule has 0 aliphatic carbocycles. The maximum absolute atomic E-state index is 11.7. The highest BCUT2D eigenvalue weighted by molar-refractivity contribution is 7.92. The lowest BCUT2D eigenvalue weighted by Crippen LogP contribution is -2.44. The number of esters is 1. The van der Waals surface area contributed by atoms with Gasteiger partial charge in [-0.05, 0) is 12.2 Å². The van der Waals surface area contributed by atoms with Crippen molar-refractivity contribution in [3.05, 3.63) is 24.3 Å². The minimum absolute atomic E-state index is 0.104. The molecular formula is C11H12O6S. The summed E-state index contributed by atoms with van der Waals surface area (Å²) in [5.74, 6) is -1.12. The minimum atomic E-state index is -3.40. The van der Waals surface area contributed by atoms with Crippen LogP contribution in [-0.2, 0) is 28.9 Å². The molecule has 0 saturated heterocycles. The van der Waals surface area contributed by atoms with Gasteiger partial charge in [-0.15, -0.1) is 0 Å². The second-order valence-electron chi connectivity index (χ2n) is 4.02. The fraction of sp³-hybridized carbons (Fsp3) is 0.455. The Bertz CT molecular complexity index is 530. The summed E-state index contributed by atoms with van der Waals surface area (Å²) in [7, 11) is -3.40. The number of ketones is 1. The Morgan fingerprint density at radius 1 is 1.44 bits per heavy atom. The largest absolute Gasteiger partial charge is 0.432 e. The van der Waals surface area contributed by atoms with E-state index in [0.29, 0.717) is 0 Å². The average Bonchev–Trinajstić information content (AvgIpc) is 2.60. The molecule has 3 atom stereocenters. The van der Waals surface area contributed by atoms with Gasteiger partial charge in [-0.1, -0.05) is 12.2 Å². The molecule has 0 N–H and O–H groups in total. The monoisotopic (exact) mass is 272 g/mol. The third-order valence-electron chi connectivity index (χ3n) is 2.63. The summed E-state index contributed by atoms with van der Waals surface area (Å²) in [6.07, 6.45) is 3.21. The van der Waals surface area contributed by atoms with Crippen molar-refractivity contribution in [1.82, 2.24) is 0 Å². The van der Waals surface area contributed by atoms with Gasteiger partial charge in [0.15, 0.2) is 15.6 Å². The first-order valence-electron chi connectivity index (χ1n) is 5.33. The summed E-state index contributed by atoms with van der Waals surface area (Å²) in [5, 5.41) is -1.01. The maximum atomic E-state index is 11.7. The Balaban J connectivity index is 2.19. The van der Waals surface area contributed by atoms with Gasteiger partial charge in [0.05, 0.1) is 5.75 Å². The summed E-state index contributed by atoms with van der Waals surface area (Å²) in [4.78, 5) is 22.4. The van der Waals surface area contributed by atoms with E-state index in [1.807, 2.05) is 0 Å². The summed E-state index contributed by atoms with van der Waals surface area (Å²) < 4.78 is 33.4. The van der Waals surface area contributed by atoms with Gasteiger partial charge in [-0.2, -0.15) is 0 Å². The van der Waals surface area contributed by atoms with Crippen LogP contribution in [0.3, 0.4) is 0 Å². The standard InChI is InChI=1S/C11H12O6S/c1-7(12)16-10-5-4-8(13)11(17-10)9-3-2-6-18(9,14)15/h2-5,9-11H,6H2,1H3. The van der Waals surface area contributed by atoms with Gasteiger partial charge in [0.2, 0.25) is 6.29 Å². The van der Waals surface area contributed by atoms with Crippen LogP contribution >= 0.6 is 0 Å². The molecule has 0 saturated carbocycles. The van der Waals surface area contributed by atoms with Gasteiger partial charge in [0, 0.05) is 6.92 Å². The van der Waals surface area contributed by atoms with Crippen LogP contribution in [0.2, 0.25) is 0 Å². The van der Waals surface area contributed by atoms with Gasteiger partial charge in [-0.3, -0.25) is 9.59 Å². The van der Waals surface area contributed by atoms with Crippen molar-refractivity contribution in [2.24, 2.45) is 0 Å². The molecule has 2 aliphatic heterocycles. The van der Waals surface area contributed by atoms with E-state index in [9.17, 15) is 18.0 Å². The van der Waals surface area contributed by atoms with E-state index in [-0.39, 0.29) is 5.75 Å². The Morgan fingerprint density at radius 2 is 2.17 bits per heavy atom. The minimum Gasteiger partial charge on any atom is -0.432 e. The highest BCUT2D eigenvalue weighted by atomic mass is 32.2. The lowest BCUT2D eigenvalue weighted by atomic mass is 10.1. The molecule has 0 bridgehead atoms. The van der Waals surface area contributed by atoms with Crippen molar-refractivity contribution in [2.45, 2.75) is 24.6 Å². The third-order valence-corrected chi connectivity index (χ3v) is 4.52. The molecule has 0 amide bonds. The van der Waals surface area contributed by atoms with Crippen molar-refractivity contribution in [3.63, 3.8) is 0 Å². The Hall–Kier alpha value is -1.47. The zero-order valence-electron chi connectivity index (χ0n) is 9.61. The van der Waals surface area contributed by atoms with Crippen LogP contribution < -0.4 is 0 Å². The van der Waals surface area contributed by atoms with Crippen LogP contribution in [0.1, 0.15) is 6.92 Å². The third kappa shape index (κ3) is 2.51. The maximum Gasteiger partial charge on any atom is 0.305 e. The topological polar surface area (TPSA) is 86.7 Å². The van der Waals surface area contributed by atoms with Crippen molar-refractivity contribution in [2.75, 3.05) is 5.75 Å². The van der Waals surface area contributed by atoms with E-state index in [1.54, 1.807) is 0 Å². The van der Waals surface area contributed by atoms with Gasteiger partial charge < -0.3 is 9.47 Å². The molecule has 0 aromatic heterocycles. The van der Waals surface area contributed by atoms with E-state index in [2.05, 4.69) is 0 Å². The predicted octanol–water partition coefficient (Wildman–Crippen LogP) is -0.247. The van der Waals surface area contributed by atoms with E-state index in [1.165, 1.54) is 31.2 Å². The van der Waals surface area contributed by atoms with Gasteiger partial charge in [0.25, 0.3) is 0 Å². The average molecular weight is 272 g/mol. The second kappa shape index (κ2) is 4.66. The number of ether oxygens (including phenoxy) is 2. The SMILES string of the molecule is CC(=O)OC1C=CC(=O)C(C2C=CCS2(=O)=O)O1. The van der Waals surface area contributed by atoms with Gasteiger partial charge in [0.1, 0.15) is 11.4 Å². The molecular weight excluding hydrogens is 260 g/mol. The lowest BCUT2D eigenvalue weighted by molar-refractivity contribution is -0.179. The molecule has 0 fully saturated rings. The summed E-state index contributed by atoms with van der Waals surface area (Å²) >= 11 is 0. The lowest BCUT2D eigenvalue weighted by Gasteiger charge is -2.27. The number of carbonyl (C=O) groups is 2. The molecule has 0 aromatic rings. The van der Waals surface area contributed by atoms with E-state index in [0.717, 1.165) is 0 Å². The van der Waals surface area contributed by atoms with Gasteiger partial charge >= 0.3 is 5.97 Å². The summed E-state index contributed by atoms with van der Waals surface area (Å²) in [6, 6.07) is 0. The molecule has 3 unspecified atom stereocenters. The second-order valence-corrected chi connectivity index (χ2v) is 6.22. The molecule has 7 heteroatoms. The van der Waals surface area contributed by atoms with Crippen LogP contribution in [0, 0.1) is 0 Å². The van der Waals surface area contributed by atoms with Crippen molar-refractivity contribution in [1.29, 1.82) is 0 Å². The fourth-order valence-corrected chi connectivity index (χ4v) is 3.37. The van der Waals surface area contributed by atoms with Crippen LogP contribution in [0.5, 0.6) is 0 Å². The molecule has 18 heavy (non-hydrogen) atoms. The first kappa shape index (κ1) is 13.0. The number of hydrogen-bond donors (Lipinski definition) is 0. The Labute approximate surface area is 104 Å². The molecule has 0 radical (unpaired) electrons. The predicted molar refractivity (Wildman–Crippen MR) is 61.3 cm³/mol. The number of sulfone groups is 1. The molecule has 0 aromatic carbocycles. The summed E-state index contributed by atoms with van der Waals surface area (Å²) in [6.45, 7) is 1.20. The zero-order chi connectivity index (χ0) is 13.3. The quantitative estimate of drug-likeness (QED) is 0.509. The first-order chi connectivity index (χ1) is 8.40. The first-order valence-corrected chi connectivity index (χ1v) is 7.04. The molecule has 0 spiro atoms. The van der Waals surface area contributed by atoms with E-state index >= 15 is 0 Å². The Kier molecular flexibility index (Phi) is 3.36.